The van der Waals surface area contributed by atoms with Crippen LogP contribution in [0.25, 0.3) is 0 Å². The zero-order valence-corrected chi connectivity index (χ0v) is 15.4. The van der Waals surface area contributed by atoms with Gasteiger partial charge in [-0.15, -0.1) is 0 Å². The number of hydrogen-bond acceptors (Lipinski definition) is 3. The molecule has 130 valence electrons. The van der Waals surface area contributed by atoms with Gasteiger partial charge >= 0.3 is 0 Å². The van der Waals surface area contributed by atoms with E-state index in [-0.39, 0.29) is 23.3 Å². The van der Waals surface area contributed by atoms with Crippen molar-refractivity contribution in [3.05, 3.63) is 29.8 Å². The molecular formula is C19H32N2O2. The van der Waals surface area contributed by atoms with Gasteiger partial charge in [0.2, 0.25) is 5.91 Å². The number of methoxy groups -OCH3 is 1. The van der Waals surface area contributed by atoms with Gasteiger partial charge in [0.25, 0.3) is 0 Å². The van der Waals surface area contributed by atoms with Gasteiger partial charge in [0.15, 0.2) is 0 Å². The molecule has 23 heavy (non-hydrogen) atoms. The van der Waals surface area contributed by atoms with Crippen molar-refractivity contribution in [3.63, 3.8) is 0 Å². The van der Waals surface area contributed by atoms with Crippen molar-refractivity contribution in [2.75, 3.05) is 20.2 Å². The molecule has 1 aromatic rings. The molecule has 0 aliphatic heterocycles. The minimum atomic E-state index is -0.159. The molecule has 0 spiro atoms. The molecule has 0 fully saturated rings. The Morgan fingerprint density at radius 3 is 2.22 bits per heavy atom. The number of carbonyl (C=O) groups is 1. The molecule has 0 saturated carbocycles. The third-order valence-corrected chi connectivity index (χ3v) is 3.98. The predicted octanol–water partition coefficient (Wildman–Crippen LogP) is 3.10. The van der Waals surface area contributed by atoms with Gasteiger partial charge in [0.05, 0.1) is 13.0 Å². The monoisotopic (exact) mass is 320 g/mol. The molecule has 0 aromatic heterocycles. The number of benzene rings is 1. The fourth-order valence-electron chi connectivity index (χ4n) is 2.41. The smallest absolute Gasteiger partial charge is 0.226 e. The van der Waals surface area contributed by atoms with Crippen LogP contribution < -0.4 is 10.5 Å². The molecule has 2 N–H and O–H groups in total. The van der Waals surface area contributed by atoms with Crippen LogP contribution in [0, 0.1) is 11.3 Å². The van der Waals surface area contributed by atoms with Crippen LogP contribution in [0.4, 0.5) is 0 Å². The first-order valence-electron chi connectivity index (χ1n) is 8.31. The second-order valence-corrected chi connectivity index (χ2v) is 7.57. The highest BCUT2D eigenvalue weighted by Crippen LogP contribution is 2.19. The molecule has 0 aliphatic carbocycles. The van der Waals surface area contributed by atoms with Gasteiger partial charge in [-0.1, -0.05) is 39.8 Å². The Morgan fingerprint density at radius 1 is 1.22 bits per heavy atom. The molecule has 1 rings (SSSR count). The fourth-order valence-corrected chi connectivity index (χ4v) is 2.41. The first kappa shape index (κ1) is 19.5. The topological polar surface area (TPSA) is 55.6 Å². The number of amides is 1. The number of rotatable bonds is 7. The highest BCUT2D eigenvalue weighted by molar-refractivity contribution is 5.79. The van der Waals surface area contributed by atoms with E-state index in [0.717, 1.165) is 18.7 Å². The third-order valence-electron chi connectivity index (χ3n) is 3.98. The summed E-state index contributed by atoms with van der Waals surface area (Å²) in [7, 11) is 1.66. The van der Waals surface area contributed by atoms with Crippen LogP contribution in [0.15, 0.2) is 24.3 Å². The Hall–Kier alpha value is -1.55. The van der Waals surface area contributed by atoms with E-state index in [0.29, 0.717) is 6.54 Å². The summed E-state index contributed by atoms with van der Waals surface area (Å²) in [6, 6.07) is 7.87. The number of hydrogen-bond donors (Lipinski definition) is 1. The van der Waals surface area contributed by atoms with Crippen molar-refractivity contribution < 1.29 is 9.53 Å². The fraction of sp³-hybridized carbons (Fsp3) is 0.632. The summed E-state index contributed by atoms with van der Waals surface area (Å²) < 4.78 is 5.18. The van der Waals surface area contributed by atoms with Gasteiger partial charge < -0.3 is 15.4 Å². The van der Waals surface area contributed by atoms with Gasteiger partial charge in [-0.05, 0) is 36.5 Å². The maximum Gasteiger partial charge on any atom is 0.226 e. The van der Waals surface area contributed by atoms with E-state index in [1.54, 1.807) is 7.11 Å². The van der Waals surface area contributed by atoms with Crippen molar-refractivity contribution in [2.24, 2.45) is 17.1 Å². The van der Waals surface area contributed by atoms with Gasteiger partial charge in [-0.25, -0.2) is 0 Å². The molecule has 4 heteroatoms. The molecule has 2 atom stereocenters. The van der Waals surface area contributed by atoms with Gasteiger partial charge in [0.1, 0.15) is 5.75 Å². The molecule has 0 heterocycles. The second-order valence-electron chi connectivity index (χ2n) is 7.57. The van der Waals surface area contributed by atoms with E-state index in [4.69, 9.17) is 10.5 Å². The highest BCUT2D eigenvalue weighted by atomic mass is 16.5. The molecule has 1 aromatic carbocycles. The summed E-state index contributed by atoms with van der Waals surface area (Å²) in [5.41, 5.74) is 7.18. The largest absolute Gasteiger partial charge is 0.497 e. The summed E-state index contributed by atoms with van der Waals surface area (Å²) in [5, 5.41) is 0. The van der Waals surface area contributed by atoms with E-state index < -0.39 is 0 Å². The lowest BCUT2D eigenvalue weighted by Gasteiger charge is -2.33. The zero-order valence-electron chi connectivity index (χ0n) is 15.4. The summed E-state index contributed by atoms with van der Waals surface area (Å²) in [6.45, 7) is 11.7. The summed E-state index contributed by atoms with van der Waals surface area (Å²) >= 11 is 0. The lowest BCUT2D eigenvalue weighted by Crippen LogP contribution is -2.45. The van der Waals surface area contributed by atoms with E-state index in [1.165, 1.54) is 5.56 Å². The predicted molar refractivity (Wildman–Crippen MR) is 95.5 cm³/mol. The van der Waals surface area contributed by atoms with E-state index in [9.17, 15) is 4.79 Å². The Morgan fingerprint density at radius 2 is 1.78 bits per heavy atom. The Kier molecular flexibility index (Phi) is 7.07. The molecule has 4 nitrogen and oxygen atoms in total. The molecule has 0 saturated heterocycles. The molecular weight excluding hydrogens is 288 g/mol. The average Bonchev–Trinajstić information content (AvgIpc) is 2.49. The first-order valence-corrected chi connectivity index (χ1v) is 8.31. The Labute approximate surface area is 141 Å². The average molecular weight is 320 g/mol. The number of ether oxygens (including phenoxy) is 1. The van der Waals surface area contributed by atoms with E-state index in [2.05, 4.69) is 20.8 Å². The zero-order chi connectivity index (χ0) is 17.6. The maximum atomic E-state index is 12.7. The third kappa shape index (κ3) is 6.61. The lowest BCUT2D eigenvalue weighted by atomic mass is 9.94. The van der Waals surface area contributed by atoms with Crippen LogP contribution >= 0.6 is 0 Å². The summed E-state index contributed by atoms with van der Waals surface area (Å²) in [4.78, 5) is 14.7. The summed E-state index contributed by atoms with van der Waals surface area (Å²) in [5.74, 6) is 0.832. The van der Waals surface area contributed by atoms with Crippen molar-refractivity contribution in [2.45, 2.75) is 47.1 Å². The van der Waals surface area contributed by atoms with Crippen molar-refractivity contribution in [1.29, 1.82) is 0 Å². The van der Waals surface area contributed by atoms with Gasteiger partial charge in [-0.2, -0.15) is 0 Å². The number of nitrogens with two attached hydrogens (primary N) is 1. The molecule has 0 bridgehead atoms. The minimum Gasteiger partial charge on any atom is -0.497 e. The SMILES string of the molecule is COc1ccc(CCN(CC(C)(C)C)C(=O)C(C)C(C)N)cc1. The van der Waals surface area contributed by atoms with Crippen LogP contribution in [0.3, 0.4) is 0 Å². The molecule has 0 aliphatic rings. The van der Waals surface area contributed by atoms with Crippen molar-refractivity contribution in [3.8, 4) is 5.75 Å². The number of nitrogens with zero attached hydrogens (tertiary/aromatic N) is 1. The minimum absolute atomic E-state index is 0.0626. The molecule has 2 unspecified atom stereocenters. The standard InChI is InChI=1S/C19H32N2O2/c1-14(15(2)20)18(22)21(13-19(3,4)5)12-11-16-7-9-17(23-6)10-8-16/h7-10,14-15H,11-13,20H2,1-6H3. The maximum absolute atomic E-state index is 12.7. The first-order chi connectivity index (χ1) is 10.6. The number of carbonyl (C=O) groups excluding carboxylic acids is 1. The van der Waals surface area contributed by atoms with Crippen molar-refractivity contribution >= 4 is 5.91 Å². The quantitative estimate of drug-likeness (QED) is 0.840. The highest BCUT2D eigenvalue weighted by Gasteiger charge is 2.26. The van der Waals surface area contributed by atoms with E-state index in [1.807, 2.05) is 43.0 Å². The summed E-state index contributed by atoms with van der Waals surface area (Å²) in [6.07, 6.45) is 0.831. The van der Waals surface area contributed by atoms with Crippen LogP contribution in [-0.2, 0) is 11.2 Å². The second kappa shape index (κ2) is 8.34. The van der Waals surface area contributed by atoms with Gasteiger partial charge in [0, 0.05) is 19.1 Å². The van der Waals surface area contributed by atoms with Crippen LogP contribution in [0.1, 0.15) is 40.2 Å². The van der Waals surface area contributed by atoms with Crippen LogP contribution in [0.5, 0.6) is 5.75 Å². The van der Waals surface area contributed by atoms with Crippen LogP contribution in [-0.4, -0.2) is 37.0 Å². The lowest BCUT2D eigenvalue weighted by molar-refractivity contribution is -0.136. The Bertz CT molecular complexity index is 489. The van der Waals surface area contributed by atoms with Gasteiger partial charge in [-0.3, -0.25) is 4.79 Å². The Balaban J connectivity index is 2.77. The van der Waals surface area contributed by atoms with Crippen LogP contribution in [0.2, 0.25) is 0 Å². The molecule has 0 radical (unpaired) electrons. The van der Waals surface area contributed by atoms with E-state index >= 15 is 0 Å². The van der Waals surface area contributed by atoms with Crippen molar-refractivity contribution in [1.82, 2.24) is 4.90 Å². The molecule has 1 amide bonds. The normalized spacial score (nSPS) is 14.2.